The Bertz CT molecular complexity index is 623. The number of carbonyl (C=O) groups is 1. The van der Waals surface area contributed by atoms with Gasteiger partial charge in [0.15, 0.2) is 0 Å². The summed E-state index contributed by atoms with van der Waals surface area (Å²) in [6.07, 6.45) is 0.276. The van der Waals surface area contributed by atoms with Crippen LogP contribution in [0.15, 0.2) is 30.3 Å². The number of aryl methyl sites for hydroxylation is 2. The largest absolute Gasteiger partial charge is 0.481 e. The lowest BCUT2D eigenvalue weighted by Crippen LogP contribution is -2.18. The summed E-state index contributed by atoms with van der Waals surface area (Å²) in [4.78, 5) is 20.0. The fourth-order valence-corrected chi connectivity index (χ4v) is 2.29. The van der Waals surface area contributed by atoms with E-state index in [0.717, 1.165) is 17.0 Å². The molecule has 0 aliphatic carbocycles. The number of halogens is 1. The molecular formula is C15H15ClN2O2. The Hall–Kier alpha value is -1.94. The van der Waals surface area contributed by atoms with Crippen molar-refractivity contribution in [3.63, 3.8) is 0 Å². The molecule has 4 nitrogen and oxygen atoms in total. The molecule has 1 heterocycles. The summed E-state index contributed by atoms with van der Waals surface area (Å²) < 4.78 is 0. The van der Waals surface area contributed by atoms with Crippen molar-refractivity contribution in [3.05, 3.63) is 58.1 Å². The Morgan fingerprint density at radius 1 is 1.25 bits per heavy atom. The van der Waals surface area contributed by atoms with E-state index in [-0.39, 0.29) is 6.42 Å². The van der Waals surface area contributed by atoms with Crippen LogP contribution in [-0.4, -0.2) is 21.0 Å². The maximum absolute atomic E-state index is 11.5. The molecular weight excluding hydrogens is 276 g/mol. The number of hydrogen-bond donors (Lipinski definition) is 1. The molecule has 0 saturated carbocycles. The summed E-state index contributed by atoms with van der Waals surface area (Å²) in [5.74, 6) is -1.42. The first-order chi connectivity index (χ1) is 9.47. The number of carboxylic acid groups (broad SMARTS) is 1. The van der Waals surface area contributed by atoms with Crippen LogP contribution in [0, 0.1) is 13.8 Å². The summed E-state index contributed by atoms with van der Waals surface area (Å²) in [5, 5.41) is 10.00. The zero-order valence-corrected chi connectivity index (χ0v) is 12.1. The number of hydrogen-bond acceptors (Lipinski definition) is 3. The van der Waals surface area contributed by atoms with Crippen LogP contribution in [0.2, 0.25) is 5.02 Å². The third-order valence-electron chi connectivity index (χ3n) is 2.99. The van der Waals surface area contributed by atoms with Gasteiger partial charge in [0.1, 0.15) is 11.7 Å². The molecule has 0 saturated heterocycles. The summed E-state index contributed by atoms with van der Waals surface area (Å²) in [7, 11) is 0. The first-order valence-corrected chi connectivity index (χ1v) is 6.63. The smallest absolute Gasteiger partial charge is 0.314 e. The molecule has 104 valence electrons. The van der Waals surface area contributed by atoms with Crippen molar-refractivity contribution in [2.24, 2.45) is 0 Å². The third kappa shape index (κ3) is 3.33. The van der Waals surface area contributed by atoms with Crippen molar-refractivity contribution in [1.82, 2.24) is 9.97 Å². The topological polar surface area (TPSA) is 63.1 Å². The van der Waals surface area contributed by atoms with Crippen LogP contribution in [0.25, 0.3) is 0 Å². The number of benzene rings is 1. The highest BCUT2D eigenvalue weighted by molar-refractivity contribution is 6.31. The average Bonchev–Trinajstić information content (AvgIpc) is 2.36. The van der Waals surface area contributed by atoms with Gasteiger partial charge in [0, 0.05) is 16.4 Å². The molecule has 0 aliphatic heterocycles. The standard InChI is InChI=1S/C15H15ClN2O2/c1-9-7-10(2)18-14(17-9)12(15(19)20)8-11-5-3-4-6-13(11)16/h3-7,12H,8H2,1-2H3,(H,19,20). The molecule has 2 aromatic rings. The zero-order valence-electron chi connectivity index (χ0n) is 11.3. The molecule has 1 unspecified atom stereocenters. The molecule has 0 amide bonds. The maximum Gasteiger partial charge on any atom is 0.314 e. The van der Waals surface area contributed by atoms with Crippen LogP contribution in [-0.2, 0) is 11.2 Å². The first kappa shape index (κ1) is 14.5. The lowest BCUT2D eigenvalue weighted by molar-refractivity contribution is -0.139. The minimum absolute atomic E-state index is 0.276. The second-order valence-corrected chi connectivity index (χ2v) is 5.10. The molecule has 0 bridgehead atoms. The molecule has 5 heteroatoms. The number of aromatic nitrogens is 2. The fraction of sp³-hybridized carbons (Fsp3) is 0.267. The minimum Gasteiger partial charge on any atom is -0.481 e. The highest BCUT2D eigenvalue weighted by Crippen LogP contribution is 2.24. The third-order valence-corrected chi connectivity index (χ3v) is 3.36. The number of nitrogens with zero attached hydrogens (tertiary/aromatic N) is 2. The second-order valence-electron chi connectivity index (χ2n) is 4.70. The van der Waals surface area contributed by atoms with E-state index in [0.29, 0.717) is 10.8 Å². The first-order valence-electron chi connectivity index (χ1n) is 6.25. The number of aliphatic carboxylic acids is 1. The van der Waals surface area contributed by atoms with Gasteiger partial charge < -0.3 is 5.11 Å². The molecule has 0 spiro atoms. The van der Waals surface area contributed by atoms with Crippen LogP contribution in [0.5, 0.6) is 0 Å². The molecule has 0 radical (unpaired) electrons. The van der Waals surface area contributed by atoms with Gasteiger partial charge in [-0.25, -0.2) is 9.97 Å². The van der Waals surface area contributed by atoms with E-state index in [1.54, 1.807) is 6.07 Å². The Balaban J connectivity index is 2.37. The van der Waals surface area contributed by atoms with E-state index in [1.165, 1.54) is 0 Å². The average molecular weight is 291 g/mol. The van der Waals surface area contributed by atoms with Crippen LogP contribution in [0.1, 0.15) is 28.7 Å². The predicted octanol–water partition coefficient (Wildman–Crippen LogP) is 3.16. The molecule has 1 aromatic heterocycles. The van der Waals surface area contributed by atoms with E-state index >= 15 is 0 Å². The normalized spacial score (nSPS) is 12.2. The van der Waals surface area contributed by atoms with Crippen molar-refractivity contribution in [3.8, 4) is 0 Å². The molecule has 1 N–H and O–H groups in total. The van der Waals surface area contributed by atoms with Crippen molar-refractivity contribution in [1.29, 1.82) is 0 Å². The van der Waals surface area contributed by atoms with E-state index in [1.807, 2.05) is 38.1 Å². The van der Waals surface area contributed by atoms with Crippen molar-refractivity contribution in [2.75, 3.05) is 0 Å². The van der Waals surface area contributed by atoms with Crippen molar-refractivity contribution >= 4 is 17.6 Å². The van der Waals surface area contributed by atoms with Gasteiger partial charge in [-0.1, -0.05) is 29.8 Å². The Morgan fingerprint density at radius 3 is 2.40 bits per heavy atom. The minimum atomic E-state index is -0.949. The van der Waals surface area contributed by atoms with Crippen LogP contribution in [0.3, 0.4) is 0 Å². The van der Waals surface area contributed by atoms with Gasteiger partial charge >= 0.3 is 5.97 Å². The van der Waals surface area contributed by atoms with Gasteiger partial charge in [0.2, 0.25) is 0 Å². The van der Waals surface area contributed by atoms with E-state index in [9.17, 15) is 9.90 Å². The highest BCUT2D eigenvalue weighted by Gasteiger charge is 2.24. The fourth-order valence-electron chi connectivity index (χ4n) is 2.08. The summed E-state index contributed by atoms with van der Waals surface area (Å²) in [5.41, 5.74) is 2.31. The SMILES string of the molecule is Cc1cc(C)nc(C(Cc2ccccc2Cl)C(=O)O)n1. The quantitative estimate of drug-likeness (QED) is 0.939. The predicted molar refractivity (Wildman–Crippen MR) is 77.0 cm³/mol. The van der Waals surface area contributed by atoms with Gasteiger partial charge in [-0.05, 0) is 38.0 Å². The molecule has 1 atom stereocenters. The van der Waals surface area contributed by atoms with Gasteiger partial charge in [-0.2, -0.15) is 0 Å². The molecule has 2 rings (SSSR count). The molecule has 0 aliphatic rings. The van der Waals surface area contributed by atoms with Crippen molar-refractivity contribution in [2.45, 2.75) is 26.2 Å². The molecule has 0 fully saturated rings. The molecule has 1 aromatic carbocycles. The van der Waals surface area contributed by atoms with Crippen LogP contribution < -0.4 is 0 Å². The van der Waals surface area contributed by atoms with E-state index in [4.69, 9.17) is 11.6 Å². The Morgan fingerprint density at radius 2 is 1.85 bits per heavy atom. The number of rotatable bonds is 4. The van der Waals surface area contributed by atoms with Crippen LogP contribution in [0.4, 0.5) is 0 Å². The summed E-state index contributed by atoms with van der Waals surface area (Å²) in [6, 6.07) is 9.04. The van der Waals surface area contributed by atoms with Gasteiger partial charge in [-0.3, -0.25) is 4.79 Å². The van der Waals surface area contributed by atoms with Gasteiger partial charge in [0.05, 0.1) is 0 Å². The lowest BCUT2D eigenvalue weighted by Gasteiger charge is -2.13. The monoisotopic (exact) mass is 290 g/mol. The van der Waals surface area contributed by atoms with E-state index in [2.05, 4.69) is 9.97 Å². The maximum atomic E-state index is 11.5. The lowest BCUT2D eigenvalue weighted by atomic mass is 9.98. The zero-order chi connectivity index (χ0) is 14.7. The Kier molecular flexibility index (Phi) is 4.35. The second kappa shape index (κ2) is 6.01. The highest BCUT2D eigenvalue weighted by atomic mass is 35.5. The summed E-state index contributed by atoms with van der Waals surface area (Å²) >= 11 is 6.09. The van der Waals surface area contributed by atoms with E-state index < -0.39 is 11.9 Å². The van der Waals surface area contributed by atoms with Gasteiger partial charge in [0.25, 0.3) is 0 Å². The molecule has 20 heavy (non-hydrogen) atoms. The summed E-state index contributed by atoms with van der Waals surface area (Å²) in [6.45, 7) is 3.65. The Labute approximate surface area is 122 Å². The number of carboxylic acids is 1. The van der Waals surface area contributed by atoms with Crippen LogP contribution >= 0.6 is 11.6 Å². The van der Waals surface area contributed by atoms with Gasteiger partial charge in [-0.15, -0.1) is 0 Å². The van der Waals surface area contributed by atoms with Crippen molar-refractivity contribution < 1.29 is 9.90 Å².